The van der Waals surface area contributed by atoms with E-state index in [0.717, 1.165) is 0 Å². The Morgan fingerprint density at radius 2 is 1.40 bits per heavy atom. The van der Waals surface area contributed by atoms with Crippen molar-refractivity contribution in [3.63, 3.8) is 0 Å². The minimum Gasteiger partial charge on any atom is -0.497 e. The quantitative estimate of drug-likeness (QED) is 0.481. The highest BCUT2D eigenvalue weighted by atomic mass is 19.4. The minimum atomic E-state index is -4.95. The van der Waals surface area contributed by atoms with Gasteiger partial charge in [0.2, 0.25) is 0 Å². The van der Waals surface area contributed by atoms with E-state index < -0.39 is 41.9 Å². The Bertz CT molecular complexity index is 815. The summed E-state index contributed by atoms with van der Waals surface area (Å²) in [5.74, 6) is 0.570. The second kappa shape index (κ2) is 8.83. The Morgan fingerprint density at radius 3 is 1.83 bits per heavy atom. The van der Waals surface area contributed by atoms with Crippen LogP contribution in [0.3, 0.4) is 0 Å². The number of aliphatic hydroxyl groups is 1. The van der Waals surface area contributed by atoms with Crippen LogP contribution in [-0.4, -0.2) is 18.4 Å². The zero-order chi connectivity index (χ0) is 22.7. The Labute approximate surface area is 169 Å². The Balaban J connectivity index is 2.11. The van der Waals surface area contributed by atoms with Crippen LogP contribution in [0.25, 0.3) is 0 Å². The molecule has 166 valence electrons. The highest BCUT2D eigenvalue weighted by molar-refractivity contribution is 5.33. The number of alkyl halides is 6. The van der Waals surface area contributed by atoms with Crippen LogP contribution in [-0.2, 0) is 29.3 Å². The molecule has 2 rings (SSSR count). The van der Waals surface area contributed by atoms with Gasteiger partial charge in [-0.05, 0) is 48.4 Å². The summed E-state index contributed by atoms with van der Waals surface area (Å²) < 4.78 is 87.8. The molecule has 0 radical (unpaired) electrons. The lowest BCUT2D eigenvalue weighted by Gasteiger charge is -2.27. The van der Waals surface area contributed by atoms with Crippen LogP contribution < -0.4 is 10.5 Å². The van der Waals surface area contributed by atoms with Crippen molar-refractivity contribution in [2.24, 2.45) is 5.73 Å². The summed E-state index contributed by atoms with van der Waals surface area (Å²) in [5, 5.41) is 10.6. The zero-order valence-corrected chi connectivity index (χ0v) is 16.1. The van der Waals surface area contributed by atoms with Gasteiger partial charge in [0.25, 0.3) is 0 Å². The first-order valence-electron chi connectivity index (χ1n) is 8.75. The smallest absolute Gasteiger partial charge is 0.416 e. The SMILES string of the molecule is COc1ccc(C(C)(O)CC(N)OCc2cc(C(F)(F)F)cc(C(F)(F)F)c2)cc1. The number of ether oxygens (including phenoxy) is 2. The molecule has 10 heteroatoms. The van der Waals surface area contributed by atoms with Gasteiger partial charge in [-0.15, -0.1) is 0 Å². The standard InChI is InChI=1S/C20H21F6NO3/c1-18(28,13-3-5-16(29-2)6-4-13)10-17(27)30-11-12-7-14(19(21,22)23)9-15(8-12)20(24,25)26/h3-9,17,28H,10-11,27H2,1-2H3. The van der Waals surface area contributed by atoms with E-state index in [4.69, 9.17) is 15.2 Å². The fraction of sp³-hybridized carbons (Fsp3) is 0.400. The lowest BCUT2D eigenvalue weighted by atomic mass is 9.92. The average Bonchev–Trinajstić information content (AvgIpc) is 2.64. The summed E-state index contributed by atoms with van der Waals surface area (Å²) in [5.41, 5.74) is 1.63. The first-order chi connectivity index (χ1) is 13.7. The molecule has 0 saturated carbocycles. The van der Waals surface area contributed by atoms with Gasteiger partial charge < -0.3 is 20.3 Å². The summed E-state index contributed by atoms with van der Waals surface area (Å²) >= 11 is 0. The molecule has 2 atom stereocenters. The molecule has 0 heterocycles. The molecule has 30 heavy (non-hydrogen) atoms. The summed E-state index contributed by atoms with van der Waals surface area (Å²) in [7, 11) is 1.48. The van der Waals surface area contributed by atoms with E-state index in [1.165, 1.54) is 14.0 Å². The second-order valence-corrected chi connectivity index (χ2v) is 6.97. The van der Waals surface area contributed by atoms with Crippen molar-refractivity contribution in [3.05, 3.63) is 64.7 Å². The molecule has 0 aliphatic rings. The van der Waals surface area contributed by atoms with Crippen LogP contribution >= 0.6 is 0 Å². The molecule has 0 aliphatic heterocycles. The number of hydrogen-bond acceptors (Lipinski definition) is 4. The third kappa shape index (κ3) is 6.35. The molecule has 2 unspecified atom stereocenters. The van der Waals surface area contributed by atoms with E-state index in [9.17, 15) is 31.4 Å². The van der Waals surface area contributed by atoms with Crippen LogP contribution in [0.5, 0.6) is 5.75 Å². The molecule has 3 N–H and O–H groups in total. The van der Waals surface area contributed by atoms with Crippen LogP contribution in [0.2, 0.25) is 0 Å². The largest absolute Gasteiger partial charge is 0.497 e. The number of benzene rings is 2. The molecule has 0 saturated heterocycles. The zero-order valence-electron chi connectivity index (χ0n) is 16.1. The first-order valence-corrected chi connectivity index (χ1v) is 8.75. The Hall–Kier alpha value is -2.30. The molecule has 0 aromatic heterocycles. The summed E-state index contributed by atoms with van der Waals surface area (Å²) in [4.78, 5) is 0. The number of rotatable bonds is 7. The third-order valence-corrected chi connectivity index (χ3v) is 4.42. The highest BCUT2D eigenvalue weighted by Crippen LogP contribution is 2.36. The molecule has 0 aliphatic carbocycles. The van der Waals surface area contributed by atoms with Gasteiger partial charge in [-0.3, -0.25) is 0 Å². The number of nitrogens with two attached hydrogens (primary N) is 1. The Kier molecular flexibility index (Phi) is 7.05. The maximum absolute atomic E-state index is 12.9. The molecule has 4 nitrogen and oxygen atoms in total. The van der Waals surface area contributed by atoms with E-state index in [1.54, 1.807) is 24.3 Å². The van der Waals surface area contributed by atoms with Crippen molar-refractivity contribution < 1.29 is 40.9 Å². The monoisotopic (exact) mass is 437 g/mol. The van der Waals surface area contributed by atoms with Crippen LogP contribution in [0, 0.1) is 0 Å². The molecular weight excluding hydrogens is 416 g/mol. The minimum absolute atomic E-state index is 0.0396. The predicted molar refractivity (Wildman–Crippen MR) is 96.4 cm³/mol. The van der Waals surface area contributed by atoms with Crippen molar-refractivity contribution in [1.82, 2.24) is 0 Å². The van der Waals surface area contributed by atoms with Gasteiger partial charge in [0.05, 0.1) is 30.4 Å². The highest BCUT2D eigenvalue weighted by Gasteiger charge is 2.37. The van der Waals surface area contributed by atoms with E-state index in [-0.39, 0.29) is 18.1 Å². The lowest BCUT2D eigenvalue weighted by molar-refractivity contribution is -0.143. The molecule has 2 aromatic rings. The predicted octanol–water partition coefficient (Wildman–Crippen LogP) is 4.83. The number of halogens is 6. The molecule has 2 aromatic carbocycles. The average molecular weight is 437 g/mol. The van der Waals surface area contributed by atoms with Gasteiger partial charge >= 0.3 is 12.4 Å². The first kappa shape index (κ1) is 24.0. The molecular formula is C20H21F6NO3. The van der Waals surface area contributed by atoms with Gasteiger partial charge in [0.15, 0.2) is 0 Å². The van der Waals surface area contributed by atoms with E-state index in [1.807, 2.05) is 0 Å². The van der Waals surface area contributed by atoms with Crippen LogP contribution in [0.1, 0.15) is 35.6 Å². The molecule has 0 spiro atoms. The molecule has 0 fully saturated rings. The second-order valence-electron chi connectivity index (χ2n) is 6.97. The fourth-order valence-electron chi connectivity index (χ4n) is 2.82. The van der Waals surface area contributed by atoms with E-state index in [0.29, 0.717) is 23.4 Å². The normalized spacial score (nSPS) is 15.5. The van der Waals surface area contributed by atoms with E-state index in [2.05, 4.69) is 0 Å². The van der Waals surface area contributed by atoms with Gasteiger partial charge in [0.1, 0.15) is 12.0 Å². The van der Waals surface area contributed by atoms with Crippen molar-refractivity contribution in [2.75, 3.05) is 7.11 Å². The fourth-order valence-corrected chi connectivity index (χ4v) is 2.82. The van der Waals surface area contributed by atoms with Crippen LogP contribution in [0.4, 0.5) is 26.3 Å². The van der Waals surface area contributed by atoms with Gasteiger partial charge in [0, 0.05) is 6.42 Å². The summed E-state index contributed by atoms with van der Waals surface area (Å²) in [6.07, 6.45) is -11.2. The molecule has 0 bridgehead atoms. The topological polar surface area (TPSA) is 64.7 Å². The van der Waals surface area contributed by atoms with Crippen molar-refractivity contribution >= 4 is 0 Å². The maximum atomic E-state index is 12.9. The lowest BCUT2D eigenvalue weighted by Crippen LogP contribution is -2.34. The van der Waals surface area contributed by atoms with Crippen molar-refractivity contribution in [2.45, 2.75) is 44.1 Å². The van der Waals surface area contributed by atoms with Gasteiger partial charge in [-0.1, -0.05) is 12.1 Å². The maximum Gasteiger partial charge on any atom is 0.416 e. The summed E-state index contributed by atoms with van der Waals surface area (Å²) in [6.45, 7) is 0.872. The van der Waals surface area contributed by atoms with Gasteiger partial charge in [-0.2, -0.15) is 26.3 Å². The Morgan fingerprint density at radius 1 is 0.900 bits per heavy atom. The number of methoxy groups -OCH3 is 1. The van der Waals surface area contributed by atoms with Crippen molar-refractivity contribution in [1.29, 1.82) is 0 Å². The van der Waals surface area contributed by atoms with Crippen molar-refractivity contribution in [3.8, 4) is 5.75 Å². The van der Waals surface area contributed by atoms with E-state index >= 15 is 0 Å². The van der Waals surface area contributed by atoms with Gasteiger partial charge in [-0.25, -0.2) is 0 Å². The third-order valence-electron chi connectivity index (χ3n) is 4.42. The summed E-state index contributed by atoms with van der Waals surface area (Å²) in [6, 6.07) is 7.64. The molecule has 0 amide bonds. The number of hydrogen-bond donors (Lipinski definition) is 2. The van der Waals surface area contributed by atoms with Crippen LogP contribution in [0.15, 0.2) is 42.5 Å².